The second-order valence-electron chi connectivity index (χ2n) is 4.38. The normalized spacial score (nSPS) is 21.1. The van der Waals surface area contributed by atoms with Crippen LogP contribution in [0.25, 0.3) is 0 Å². The number of rotatable bonds is 2. The third kappa shape index (κ3) is 2.64. The Bertz CT molecular complexity index is 373. The van der Waals surface area contributed by atoms with Crippen LogP contribution in [0, 0.1) is 6.92 Å². The van der Waals surface area contributed by atoms with Crippen LogP contribution in [-0.4, -0.2) is 36.5 Å². The van der Waals surface area contributed by atoms with Crippen LogP contribution >= 0.6 is 0 Å². The third-order valence-corrected chi connectivity index (χ3v) is 2.84. The van der Waals surface area contributed by atoms with Gasteiger partial charge in [0.15, 0.2) is 0 Å². The molecule has 1 fully saturated rings. The molecule has 0 saturated carbocycles. The lowest BCUT2D eigenvalue weighted by atomic mass is 10.2. The highest BCUT2D eigenvalue weighted by Crippen LogP contribution is 2.09. The molecule has 1 aliphatic heterocycles. The van der Waals surface area contributed by atoms with Crippen molar-refractivity contribution in [1.29, 1.82) is 0 Å². The van der Waals surface area contributed by atoms with Crippen LogP contribution in [0.1, 0.15) is 18.4 Å². The van der Waals surface area contributed by atoms with Gasteiger partial charge in [-0.15, -0.1) is 0 Å². The summed E-state index contributed by atoms with van der Waals surface area (Å²) in [6, 6.07) is 4.15. The summed E-state index contributed by atoms with van der Waals surface area (Å²) in [7, 11) is 0. The average Bonchev–Trinajstić information content (AvgIpc) is 2.64. The maximum atomic E-state index is 12.0. The van der Waals surface area contributed by atoms with Gasteiger partial charge in [0.1, 0.15) is 11.5 Å². The molecule has 16 heavy (non-hydrogen) atoms. The Morgan fingerprint density at radius 1 is 1.62 bits per heavy atom. The van der Waals surface area contributed by atoms with E-state index in [4.69, 9.17) is 4.42 Å². The highest BCUT2D eigenvalue weighted by atomic mass is 16.3. The van der Waals surface area contributed by atoms with Crippen molar-refractivity contribution in [2.45, 2.75) is 26.3 Å². The number of furan rings is 1. The van der Waals surface area contributed by atoms with E-state index >= 15 is 0 Å². The fourth-order valence-electron chi connectivity index (χ4n) is 2.00. The Kier molecular flexibility index (Phi) is 3.29. The molecule has 2 heterocycles. The minimum absolute atomic E-state index is 0.155. The van der Waals surface area contributed by atoms with E-state index in [0.29, 0.717) is 12.5 Å². The number of hydrogen-bond donors (Lipinski definition) is 1. The minimum atomic E-state index is 0.155. The first-order valence-corrected chi connectivity index (χ1v) is 5.71. The Hall–Kier alpha value is -1.29. The van der Waals surface area contributed by atoms with Gasteiger partial charge in [0.05, 0.1) is 6.42 Å². The van der Waals surface area contributed by atoms with Gasteiger partial charge in [-0.05, 0) is 26.0 Å². The van der Waals surface area contributed by atoms with Gasteiger partial charge in [0, 0.05) is 25.7 Å². The highest BCUT2D eigenvalue weighted by Gasteiger charge is 2.21. The number of amides is 1. The number of piperazine rings is 1. The molecule has 1 amide bonds. The molecule has 2 rings (SSSR count). The van der Waals surface area contributed by atoms with Crippen molar-refractivity contribution in [3.8, 4) is 0 Å². The smallest absolute Gasteiger partial charge is 0.230 e. The zero-order valence-electron chi connectivity index (χ0n) is 9.82. The van der Waals surface area contributed by atoms with Gasteiger partial charge < -0.3 is 14.6 Å². The second kappa shape index (κ2) is 4.70. The summed E-state index contributed by atoms with van der Waals surface area (Å²) in [5, 5.41) is 3.32. The van der Waals surface area contributed by atoms with E-state index < -0.39 is 0 Å². The van der Waals surface area contributed by atoms with E-state index in [1.807, 2.05) is 24.0 Å². The van der Waals surface area contributed by atoms with Gasteiger partial charge >= 0.3 is 0 Å². The second-order valence-corrected chi connectivity index (χ2v) is 4.38. The van der Waals surface area contributed by atoms with Gasteiger partial charge in [-0.25, -0.2) is 0 Å². The lowest BCUT2D eigenvalue weighted by molar-refractivity contribution is -0.131. The maximum Gasteiger partial charge on any atom is 0.230 e. The maximum absolute atomic E-state index is 12.0. The molecule has 0 bridgehead atoms. The van der Waals surface area contributed by atoms with Crippen LogP contribution in [0.4, 0.5) is 0 Å². The number of carbonyl (C=O) groups is 1. The largest absolute Gasteiger partial charge is 0.466 e. The first kappa shape index (κ1) is 11.2. The van der Waals surface area contributed by atoms with Crippen molar-refractivity contribution in [2.75, 3.05) is 19.6 Å². The molecule has 1 atom stereocenters. The summed E-state index contributed by atoms with van der Waals surface area (Å²) < 4.78 is 5.41. The molecule has 1 saturated heterocycles. The van der Waals surface area contributed by atoms with Crippen molar-refractivity contribution >= 4 is 5.91 Å². The Morgan fingerprint density at radius 3 is 3.06 bits per heavy atom. The number of aryl methyl sites for hydroxylation is 1. The van der Waals surface area contributed by atoms with Crippen molar-refractivity contribution < 1.29 is 9.21 Å². The number of hydrogen-bond acceptors (Lipinski definition) is 3. The number of nitrogens with zero attached hydrogens (tertiary/aromatic N) is 1. The van der Waals surface area contributed by atoms with E-state index in [1.54, 1.807) is 0 Å². The van der Waals surface area contributed by atoms with Gasteiger partial charge in [-0.3, -0.25) is 4.79 Å². The van der Waals surface area contributed by atoms with Gasteiger partial charge in [-0.1, -0.05) is 0 Å². The van der Waals surface area contributed by atoms with Crippen LogP contribution < -0.4 is 5.32 Å². The Morgan fingerprint density at radius 2 is 2.44 bits per heavy atom. The quantitative estimate of drug-likeness (QED) is 0.810. The fraction of sp³-hybridized carbons (Fsp3) is 0.583. The Labute approximate surface area is 95.6 Å². The van der Waals surface area contributed by atoms with E-state index in [0.717, 1.165) is 31.2 Å². The van der Waals surface area contributed by atoms with Crippen molar-refractivity contribution in [1.82, 2.24) is 10.2 Å². The Balaban J connectivity index is 1.92. The molecule has 0 spiro atoms. The molecule has 4 heteroatoms. The highest BCUT2D eigenvalue weighted by molar-refractivity contribution is 5.78. The minimum Gasteiger partial charge on any atom is -0.466 e. The average molecular weight is 222 g/mol. The van der Waals surface area contributed by atoms with Crippen LogP contribution in [0.15, 0.2) is 16.5 Å². The third-order valence-electron chi connectivity index (χ3n) is 2.84. The number of nitrogens with one attached hydrogen (secondary N) is 1. The number of carbonyl (C=O) groups excluding carboxylic acids is 1. The summed E-state index contributed by atoms with van der Waals surface area (Å²) in [6.45, 7) is 6.45. The van der Waals surface area contributed by atoms with E-state index in [1.165, 1.54) is 0 Å². The van der Waals surface area contributed by atoms with Crippen LogP contribution in [-0.2, 0) is 11.2 Å². The summed E-state index contributed by atoms with van der Waals surface area (Å²) in [5.41, 5.74) is 0. The molecular formula is C12H18N2O2. The predicted octanol–water partition coefficient (Wildman–Crippen LogP) is 0.951. The summed E-state index contributed by atoms with van der Waals surface area (Å²) in [5.74, 6) is 1.77. The molecule has 0 radical (unpaired) electrons. The molecule has 88 valence electrons. The molecule has 0 aliphatic carbocycles. The zero-order chi connectivity index (χ0) is 11.5. The van der Waals surface area contributed by atoms with Gasteiger partial charge in [0.2, 0.25) is 5.91 Å². The standard InChI is InChI=1S/C12H18N2O2/c1-9-8-14(6-5-13-9)12(15)7-11-4-3-10(2)16-11/h3-4,9,13H,5-8H2,1-2H3. The SMILES string of the molecule is Cc1ccc(CC(=O)N2CCNC(C)C2)o1. The zero-order valence-corrected chi connectivity index (χ0v) is 9.82. The molecule has 1 unspecified atom stereocenters. The van der Waals surface area contributed by atoms with Crippen molar-refractivity contribution in [3.63, 3.8) is 0 Å². The lowest BCUT2D eigenvalue weighted by Gasteiger charge is -2.31. The molecule has 1 aromatic rings. The molecule has 1 N–H and O–H groups in total. The molecule has 0 aromatic carbocycles. The monoisotopic (exact) mass is 222 g/mol. The first-order valence-electron chi connectivity index (χ1n) is 5.71. The molecule has 1 aromatic heterocycles. The van der Waals surface area contributed by atoms with Crippen LogP contribution in [0.2, 0.25) is 0 Å². The van der Waals surface area contributed by atoms with Gasteiger partial charge in [0.25, 0.3) is 0 Å². The molecule has 1 aliphatic rings. The lowest BCUT2D eigenvalue weighted by Crippen LogP contribution is -2.51. The molecule has 4 nitrogen and oxygen atoms in total. The van der Waals surface area contributed by atoms with E-state index in [-0.39, 0.29) is 5.91 Å². The predicted molar refractivity (Wildman–Crippen MR) is 61.2 cm³/mol. The van der Waals surface area contributed by atoms with Crippen molar-refractivity contribution in [2.24, 2.45) is 0 Å². The van der Waals surface area contributed by atoms with Crippen LogP contribution in [0.5, 0.6) is 0 Å². The molecular weight excluding hydrogens is 204 g/mol. The first-order chi connectivity index (χ1) is 7.65. The van der Waals surface area contributed by atoms with Crippen LogP contribution in [0.3, 0.4) is 0 Å². The topological polar surface area (TPSA) is 45.5 Å². The van der Waals surface area contributed by atoms with E-state index in [2.05, 4.69) is 12.2 Å². The summed E-state index contributed by atoms with van der Waals surface area (Å²) in [6.07, 6.45) is 0.376. The van der Waals surface area contributed by atoms with Gasteiger partial charge in [-0.2, -0.15) is 0 Å². The summed E-state index contributed by atoms with van der Waals surface area (Å²) >= 11 is 0. The van der Waals surface area contributed by atoms with E-state index in [9.17, 15) is 4.79 Å². The summed E-state index contributed by atoms with van der Waals surface area (Å²) in [4.78, 5) is 13.9. The van der Waals surface area contributed by atoms with Crippen molar-refractivity contribution in [3.05, 3.63) is 23.7 Å². The fourth-order valence-corrected chi connectivity index (χ4v) is 2.00.